The number of rotatable bonds is 6. The number of carbonyl (C=O) groups is 2. The molecule has 0 unspecified atom stereocenters. The fourth-order valence-corrected chi connectivity index (χ4v) is 3.48. The molecular weight excluding hydrogens is 328 g/mol. The zero-order valence-corrected chi connectivity index (χ0v) is 15.9. The number of fused-ring (bicyclic) bond motifs is 3. The summed E-state index contributed by atoms with van der Waals surface area (Å²) in [5, 5.41) is 3.87. The number of nitrogens with one attached hydrogen (secondary N) is 2. The number of hydrogen-bond acceptors (Lipinski definition) is 3. The minimum absolute atomic E-state index is 0.239. The number of aryl methyl sites for hydroxylation is 1. The predicted molar refractivity (Wildman–Crippen MR) is 102 cm³/mol. The summed E-state index contributed by atoms with van der Waals surface area (Å²) in [4.78, 5) is 27.6. The quantitative estimate of drug-likeness (QED) is 0.777. The summed E-state index contributed by atoms with van der Waals surface area (Å²) in [5.74, 6) is 0.476. The Morgan fingerprint density at radius 3 is 2.92 bits per heavy atom. The van der Waals surface area contributed by atoms with Crippen LogP contribution in [0.3, 0.4) is 0 Å². The number of aromatic nitrogens is 1. The minimum atomic E-state index is -0.454. The van der Waals surface area contributed by atoms with Crippen LogP contribution < -0.4 is 5.32 Å². The van der Waals surface area contributed by atoms with Crippen LogP contribution >= 0.6 is 0 Å². The van der Waals surface area contributed by atoms with Crippen molar-refractivity contribution in [1.29, 1.82) is 0 Å². The Kier molecular flexibility index (Phi) is 5.64. The summed E-state index contributed by atoms with van der Waals surface area (Å²) in [7, 11) is 0. The van der Waals surface area contributed by atoms with Crippen molar-refractivity contribution in [3.63, 3.8) is 0 Å². The molecule has 3 rings (SSSR count). The lowest BCUT2D eigenvalue weighted by Gasteiger charge is -2.18. The smallest absolute Gasteiger partial charge is 0.338 e. The first-order chi connectivity index (χ1) is 12.4. The van der Waals surface area contributed by atoms with Crippen molar-refractivity contribution in [3.8, 4) is 0 Å². The van der Waals surface area contributed by atoms with Crippen LogP contribution in [0.1, 0.15) is 55.2 Å². The van der Waals surface area contributed by atoms with Crippen LogP contribution in [0.5, 0.6) is 0 Å². The molecular formula is C21H28N2O3. The number of carbonyl (C=O) groups excluding carboxylic acids is 2. The molecule has 0 bridgehead atoms. The van der Waals surface area contributed by atoms with Gasteiger partial charge in [0.2, 0.25) is 0 Å². The van der Waals surface area contributed by atoms with E-state index in [4.69, 9.17) is 4.74 Å². The summed E-state index contributed by atoms with van der Waals surface area (Å²) in [6, 6.07) is 5.58. The van der Waals surface area contributed by atoms with Crippen molar-refractivity contribution in [3.05, 3.63) is 35.0 Å². The van der Waals surface area contributed by atoms with Gasteiger partial charge >= 0.3 is 5.97 Å². The van der Waals surface area contributed by atoms with E-state index in [1.807, 2.05) is 12.1 Å². The standard InChI is InChI=1S/C21H28N2O3/c1-13(2)8-9-22-20(24)12-26-21(25)15-5-7-19-17(11-15)16-10-14(3)4-6-18(16)23-19/h5,7,11,13-14,23H,4,6,8-10,12H2,1-3H3,(H,22,24)/t14-/m0/s1. The maximum atomic E-state index is 12.3. The van der Waals surface area contributed by atoms with Gasteiger partial charge in [-0.15, -0.1) is 0 Å². The average molecular weight is 356 g/mol. The summed E-state index contributed by atoms with van der Waals surface area (Å²) in [6.45, 7) is 6.83. The van der Waals surface area contributed by atoms with Crippen LogP contribution in [-0.2, 0) is 22.4 Å². The Labute approximate surface area is 154 Å². The monoisotopic (exact) mass is 356 g/mol. The van der Waals surface area contributed by atoms with Gasteiger partial charge in [-0.25, -0.2) is 4.79 Å². The van der Waals surface area contributed by atoms with Gasteiger partial charge in [-0.2, -0.15) is 0 Å². The van der Waals surface area contributed by atoms with E-state index in [0.717, 1.165) is 30.2 Å². The molecule has 5 nitrogen and oxygen atoms in total. The molecule has 1 aliphatic rings. The van der Waals surface area contributed by atoms with E-state index in [1.54, 1.807) is 6.07 Å². The molecule has 0 saturated heterocycles. The SMILES string of the molecule is CC(C)CCNC(=O)COC(=O)c1ccc2[nH]c3c(c2c1)C[C@@H](C)CC3. The van der Waals surface area contributed by atoms with Gasteiger partial charge in [0.15, 0.2) is 6.61 Å². The number of H-pyrrole nitrogens is 1. The molecule has 2 aromatic rings. The van der Waals surface area contributed by atoms with E-state index in [1.165, 1.54) is 17.7 Å². The maximum absolute atomic E-state index is 12.3. The van der Waals surface area contributed by atoms with Gasteiger partial charge in [0.1, 0.15) is 0 Å². The molecule has 0 aliphatic heterocycles. The molecule has 0 spiro atoms. The van der Waals surface area contributed by atoms with Crippen molar-refractivity contribution in [2.45, 2.75) is 46.5 Å². The Hall–Kier alpha value is -2.30. The molecule has 0 radical (unpaired) electrons. The van der Waals surface area contributed by atoms with Crippen molar-refractivity contribution in [1.82, 2.24) is 10.3 Å². The molecule has 1 aromatic heterocycles. The van der Waals surface area contributed by atoms with Crippen LogP contribution in [0.4, 0.5) is 0 Å². The fourth-order valence-electron chi connectivity index (χ4n) is 3.48. The van der Waals surface area contributed by atoms with Crippen LogP contribution in [0, 0.1) is 11.8 Å². The molecule has 1 amide bonds. The largest absolute Gasteiger partial charge is 0.452 e. The van der Waals surface area contributed by atoms with Gasteiger partial charge in [0.25, 0.3) is 5.91 Å². The molecule has 1 aliphatic carbocycles. The second kappa shape index (κ2) is 7.94. The van der Waals surface area contributed by atoms with Gasteiger partial charge in [-0.3, -0.25) is 4.79 Å². The first-order valence-corrected chi connectivity index (χ1v) is 9.51. The number of hydrogen-bond donors (Lipinski definition) is 2. The van der Waals surface area contributed by atoms with Crippen LogP contribution in [0.25, 0.3) is 10.9 Å². The van der Waals surface area contributed by atoms with E-state index in [2.05, 4.69) is 31.1 Å². The second-order valence-electron chi connectivity index (χ2n) is 7.80. The predicted octanol–water partition coefficient (Wildman–Crippen LogP) is 3.61. The van der Waals surface area contributed by atoms with Crippen LogP contribution in [0.2, 0.25) is 0 Å². The summed E-state index contributed by atoms with van der Waals surface area (Å²) < 4.78 is 5.18. The zero-order valence-electron chi connectivity index (χ0n) is 15.9. The van der Waals surface area contributed by atoms with E-state index in [9.17, 15) is 9.59 Å². The topological polar surface area (TPSA) is 71.2 Å². The Morgan fingerprint density at radius 1 is 1.35 bits per heavy atom. The van der Waals surface area contributed by atoms with E-state index in [0.29, 0.717) is 23.9 Å². The van der Waals surface area contributed by atoms with E-state index < -0.39 is 5.97 Å². The van der Waals surface area contributed by atoms with Gasteiger partial charge in [0.05, 0.1) is 5.56 Å². The van der Waals surface area contributed by atoms with Gasteiger partial charge in [-0.05, 0) is 61.3 Å². The van der Waals surface area contributed by atoms with Gasteiger partial charge < -0.3 is 15.0 Å². The lowest BCUT2D eigenvalue weighted by Crippen LogP contribution is -2.30. The lowest BCUT2D eigenvalue weighted by atomic mass is 9.87. The zero-order chi connectivity index (χ0) is 18.7. The van der Waals surface area contributed by atoms with Crippen molar-refractivity contribution >= 4 is 22.8 Å². The molecule has 0 saturated carbocycles. The summed E-state index contributed by atoms with van der Waals surface area (Å²) in [6.07, 6.45) is 4.20. The maximum Gasteiger partial charge on any atom is 0.338 e. The lowest BCUT2D eigenvalue weighted by molar-refractivity contribution is -0.124. The molecule has 5 heteroatoms. The second-order valence-corrected chi connectivity index (χ2v) is 7.80. The fraction of sp³-hybridized carbons (Fsp3) is 0.524. The number of benzene rings is 1. The molecule has 2 N–H and O–H groups in total. The van der Waals surface area contributed by atoms with Gasteiger partial charge in [0, 0.05) is 23.1 Å². The highest BCUT2D eigenvalue weighted by atomic mass is 16.5. The molecule has 140 valence electrons. The first-order valence-electron chi connectivity index (χ1n) is 9.51. The van der Waals surface area contributed by atoms with E-state index in [-0.39, 0.29) is 12.5 Å². The molecule has 26 heavy (non-hydrogen) atoms. The first kappa shape index (κ1) is 18.5. The van der Waals surface area contributed by atoms with Crippen LogP contribution in [-0.4, -0.2) is 30.0 Å². The third-order valence-electron chi connectivity index (χ3n) is 5.05. The summed E-state index contributed by atoms with van der Waals surface area (Å²) in [5.41, 5.74) is 4.16. The minimum Gasteiger partial charge on any atom is -0.452 e. The highest BCUT2D eigenvalue weighted by molar-refractivity contribution is 5.97. The van der Waals surface area contributed by atoms with Crippen LogP contribution in [0.15, 0.2) is 18.2 Å². The van der Waals surface area contributed by atoms with Gasteiger partial charge in [-0.1, -0.05) is 20.8 Å². The highest BCUT2D eigenvalue weighted by Gasteiger charge is 2.21. The normalized spacial score (nSPS) is 16.5. The number of aromatic amines is 1. The highest BCUT2D eigenvalue weighted by Crippen LogP contribution is 2.32. The molecule has 0 fully saturated rings. The average Bonchev–Trinajstić information content (AvgIpc) is 2.96. The Balaban J connectivity index is 1.63. The van der Waals surface area contributed by atoms with Crippen molar-refractivity contribution in [2.24, 2.45) is 11.8 Å². The Morgan fingerprint density at radius 2 is 2.15 bits per heavy atom. The molecule has 1 heterocycles. The Bertz CT molecular complexity index is 807. The number of esters is 1. The summed E-state index contributed by atoms with van der Waals surface area (Å²) >= 11 is 0. The molecule has 1 atom stereocenters. The molecule has 1 aromatic carbocycles. The van der Waals surface area contributed by atoms with E-state index >= 15 is 0 Å². The van der Waals surface area contributed by atoms with Crippen molar-refractivity contribution in [2.75, 3.05) is 13.2 Å². The third-order valence-corrected chi connectivity index (χ3v) is 5.05. The number of ether oxygens (including phenoxy) is 1. The number of amides is 1. The third kappa shape index (κ3) is 4.26. The van der Waals surface area contributed by atoms with Crippen molar-refractivity contribution < 1.29 is 14.3 Å².